The second-order valence-electron chi connectivity index (χ2n) is 4.35. The topological polar surface area (TPSA) is 43.3 Å². The lowest BCUT2D eigenvalue weighted by Gasteiger charge is -2.13. The molecule has 0 bridgehead atoms. The standard InChI is InChI=1S/C12H13ClF3N3/c1-2-3-9(17)10-5-18-11-8(13)4-7(6-19(10)11)12(14,15)16/h4-6,9H,2-3,17H2,1H3. The predicted molar refractivity (Wildman–Crippen MR) is 67.0 cm³/mol. The van der Waals surface area contributed by atoms with E-state index in [2.05, 4.69) is 4.98 Å². The Morgan fingerprint density at radius 1 is 1.47 bits per heavy atom. The molecular formula is C12H13ClF3N3. The molecule has 1 atom stereocenters. The summed E-state index contributed by atoms with van der Waals surface area (Å²) in [7, 11) is 0. The molecule has 0 fully saturated rings. The summed E-state index contributed by atoms with van der Waals surface area (Å²) in [5, 5.41) is -0.0372. The predicted octanol–water partition coefficient (Wildman–Crippen LogP) is 3.81. The van der Waals surface area contributed by atoms with Crippen molar-refractivity contribution in [2.24, 2.45) is 5.73 Å². The summed E-state index contributed by atoms with van der Waals surface area (Å²) >= 11 is 5.84. The molecule has 0 saturated carbocycles. The molecule has 0 spiro atoms. The van der Waals surface area contributed by atoms with Crippen LogP contribution in [0.1, 0.15) is 37.1 Å². The molecule has 0 amide bonds. The maximum absolute atomic E-state index is 12.8. The summed E-state index contributed by atoms with van der Waals surface area (Å²) in [6.45, 7) is 1.96. The van der Waals surface area contributed by atoms with Crippen LogP contribution in [0, 0.1) is 0 Å². The monoisotopic (exact) mass is 291 g/mol. The first-order valence-corrected chi connectivity index (χ1v) is 6.21. The Labute approximate surface area is 113 Å². The van der Waals surface area contributed by atoms with E-state index in [1.54, 1.807) is 0 Å². The molecule has 3 nitrogen and oxygen atoms in total. The van der Waals surface area contributed by atoms with E-state index in [1.807, 2.05) is 6.92 Å². The number of imidazole rings is 1. The third-order valence-corrected chi connectivity index (χ3v) is 3.17. The van der Waals surface area contributed by atoms with Crippen molar-refractivity contribution in [3.05, 3.63) is 34.7 Å². The van der Waals surface area contributed by atoms with Crippen LogP contribution in [-0.4, -0.2) is 9.38 Å². The molecule has 2 rings (SSSR count). The van der Waals surface area contributed by atoms with E-state index < -0.39 is 11.7 Å². The number of rotatable bonds is 3. The zero-order valence-electron chi connectivity index (χ0n) is 10.2. The van der Waals surface area contributed by atoms with E-state index in [4.69, 9.17) is 17.3 Å². The number of hydrogen-bond acceptors (Lipinski definition) is 2. The Kier molecular flexibility index (Phi) is 3.73. The van der Waals surface area contributed by atoms with Gasteiger partial charge in [-0.15, -0.1) is 0 Å². The molecular weight excluding hydrogens is 279 g/mol. The zero-order valence-corrected chi connectivity index (χ0v) is 11.0. The van der Waals surface area contributed by atoms with Crippen molar-refractivity contribution >= 4 is 17.2 Å². The molecule has 1 unspecified atom stereocenters. The van der Waals surface area contributed by atoms with Gasteiger partial charge >= 0.3 is 6.18 Å². The Balaban J connectivity index is 2.60. The summed E-state index contributed by atoms with van der Waals surface area (Å²) in [4.78, 5) is 4.03. The van der Waals surface area contributed by atoms with Crippen molar-refractivity contribution < 1.29 is 13.2 Å². The number of hydrogen-bond donors (Lipinski definition) is 1. The van der Waals surface area contributed by atoms with Crippen LogP contribution in [0.4, 0.5) is 13.2 Å². The summed E-state index contributed by atoms with van der Waals surface area (Å²) in [5.41, 5.74) is 5.95. The van der Waals surface area contributed by atoms with Crippen molar-refractivity contribution in [1.29, 1.82) is 0 Å². The molecule has 0 radical (unpaired) electrons. The number of pyridine rings is 1. The van der Waals surface area contributed by atoms with Gasteiger partial charge in [0.15, 0.2) is 5.65 Å². The average molecular weight is 292 g/mol. The van der Waals surface area contributed by atoms with E-state index in [1.165, 1.54) is 10.6 Å². The third-order valence-electron chi connectivity index (χ3n) is 2.90. The van der Waals surface area contributed by atoms with Crippen LogP contribution in [0.2, 0.25) is 5.02 Å². The quantitative estimate of drug-likeness (QED) is 0.934. The first kappa shape index (κ1) is 14.1. The van der Waals surface area contributed by atoms with Crippen LogP contribution in [0.15, 0.2) is 18.5 Å². The highest BCUT2D eigenvalue weighted by molar-refractivity contribution is 6.33. The van der Waals surface area contributed by atoms with E-state index in [0.717, 1.165) is 18.7 Å². The van der Waals surface area contributed by atoms with Crippen LogP contribution in [0.25, 0.3) is 5.65 Å². The fourth-order valence-electron chi connectivity index (χ4n) is 1.95. The molecule has 2 aromatic heterocycles. The maximum Gasteiger partial charge on any atom is 0.417 e. The van der Waals surface area contributed by atoms with Crippen molar-refractivity contribution in [1.82, 2.24) is 9.38 Å². The van der Waals surface area contributed by atoms with Crippen LogP contribution < -0.4 is 5.73 Å². The number of alkyl halides is 3. The van der Waals surface area contributed by atoms with Gasteiger partial charge in [-0.25, -0.2) is 4.98 Å². The molecule has 0 aliphatic heterocycles. The van der Waals surface area contributed by atoms with E-state index in [9.17, 15) is 13.2 Å². The van der Waals surface area contributed by atoms with Gasteiger partial charge in [-0.05, 0) is 12.5 Å². The van der Waals surface area contributed by atoms with Gasteiger partial charge in [0.2, 0.25) is 0 Å². The highest BCUT2D eigenvalue weighted by Crippen LogP contribution is 2.33. The number of nitrogens with zero attached hydrogens (tertiary/aromatic N) is 2. The molecule has 0 aliphatic rings. The van der Waals surface area contributed by atoms with E-state index >= 15 is 0 Å². The lowest BCUT2D eigenvalue weighted by Crippen LogP contribution is -2.13. The molecule has 2 aromatic rings. The van der Waals surface area contributed by atoms with Crippen molar-refractivity contribution in [2.45, 2.75) is 32.0 Å². The van der Waals surface area contributed by atoms with Crippen LogP contribution in [-0.2, 0) is 6.18 Å². The summed E-state index contributed by atoms with van der Waals surface area (Å²) in [6, 6.07) is 0.512. The fraction of sp³-hybridized carbons (Fsp3) is 0.417. The molecule has 104 valence electrons. The van der Waals surface area contributed by atoms with E-state index in [-0.39, 0.29) is 16.7 Å². The van der Waals surface area contributed by atoms with Gasteiger partial charge in [-0.1, -0.05) is 24.9 Å². The Morgan fingerprint density at radius 3 is 2.74 bits per heavy atom. The van der Waals surface area contributed by atoms with Crippen molar-refractivity contribution in [3.8, 4) is 0 Å². The largest absolute Gasteiger partial charge is 0.417 e. The molecule has 7 heteroatoms. The maximum atomic E-state index is 12.8. The van der Waals surface area contributed by atoms with Gasteiger partial charge < -0.3 is 10.1 Å². The van der Waals surface area contributed by atoms with Gasteiger partial charge in [0.25, 0.3) is 0 Å². The SMILES string of the molecule is CCCC(N)c1cnc2c(Cl)cc(C(F)(F)F)cn12. The number of halogens is 4. The Bertz CT molecular complexity index is 592. The van der Waals surface area contributed by atoms with Crippen molar-refractivity contribution in [3.63, 3.8) is 0 Å². The minimum atomic E-state index is -4.45. The summed E-state index contributed by atoms with van der Waals surface area (Å²) in [6.07, 6.45) is -0.488. The van der Waals surface area contributed by atoms with Crippen LogP contribution in [0.3, 0.4) is 0 Å². The smallest absolute Gasteiger partial charge is 0.323 e. The first-order valence-electron chi connectivity index (χ1n) is 5.84. The minimum absolute atomic E-state index is 0.0372. The lowest BCUT2D eigenvalue weighted by atomic mass is 10.1. The van der Waals surface area contributed by atoms with Gasteiger partial charge in [0.05, 0.1) is 22.5 Å². The molecule has 2 heterocycles. The number of nitrogens with two attached hydrogens (primary N) is 1. The average Bonchev–Trinajstić information content (AvgIpc) is 2.72. The minimum Gasteiger partial charge on any atom is -0.323 e. The Hall–Kier alpha value is -1.27. The molecule has 0 aromatic carbocycles. The second-order valence-corrected chi connectivity index (χ2v) is 4.75. The Morgan fingerprint density at radius 2 is 2.16 bits per heavy atom. The van der Waals surface area contributed by atoms with Gasteiger partial charge in [-0.3, -0.25) is 0 Å². The number of aromatic nitrogens is 2. The highest BCUT2D eigenvalue weighted by Gasteiger charge is 2.32. The highest BCUT2D eigenvalue weighted by atomic mass is 35.5. The van der Waals surface area contributed by atoms with Gasteiger partial charge in [0, 0.05) is 12.2 Å². The van der Waals surface area contributed by atoms with Gasteiger partial charge in [0.1, 0.15) is 0 Å². The lowest BCUT2D eigenvalue weighted by molar-refractivity contribution is -0.137. The van der Waals surface area contributed by atoms with Crippen LogP contribution in [0.5, 0.6) is 0 Å². The van der Waals surface area contributed by atoms with Gasteiger partial charge in [-0.2, -0.15) is 13.2 Å². The van der Waals surface area contributed by atoms with E-state index in [0.29, 0.717) is 12.1 Å². The fourth-order valence-corrected chi connectivity index (χ4v) is 2.21. The van der Waals surface area contributed by atoms with Crippen molar-refractivity contribution in [2.75, 3.05) is 0 Å². The first-order chi connectivity index (χ1) is 8.84. The molecule has 2 N–H and O–H groups in total. The van der Waals surface area contributed by atoms with Crippen LogP contribution >= 0.6 is 11.6 Å². The molecule has 19 heavy (non-hydrogen) atoms. The third kappa shape index (κ3) is 2.69. The summed E-state index contributed by atoms with van der Waals surface area (Å²) in [5.74, 6) is 0. The second kappa shape index (κ2) is 5.02. The molecule has 0 saturated heterocycles. The zero-order chi connectivity index (χ0) is 14.2. The molecule has 0 aliphatic carbocycles. The summed E-state index contributed by atoms with van der Waals surface area (Å²) < 4.78 is 39.6. The normalized spacial score (nSPS) is 14.0. The number of fused-ring (bicyclic) bond motifs is 1.